The van der Waals surface area contributed by atoms with Gasteiger partial charge in [0.25, 0.3) is 0 Å². The number of methoxy groups -OCH3 is 1. The summed E-state index contributed by atoms with van der Waals surface area (Å²) in [6.45, 7) is 12.0. The summed E-state index contributed by atoms with van der Waals surface area (Å²) in [4.78, 5) is 26.3. The number of allylic oxidation sites excluding steroid dienone is 1. The Morgan fingerprint density at radius 3 is 2.76 bits per heavy atom. The van der Waals surface area contributed by atoms with Crippen molar-refractivity contribution in [2.75, 3.05) is 31.6 Å². The summed E-state index contributed by atoms with van der Waals surface area (Å²) in [6.07, 6.45) is 15.2. The predicted octanol–water partition coefficient (Wildman–Crippen LogP) is 5.88. The first kappa shape index (κ1) is 28.9. The van der Waals surface area contributed by atoms with Crippen LogP contribution in [0.4, 0.5) is 5.82 Å². The summed E-state index contributed by atoms with van der Waals surface area (Å²) >= 11 is 0. The van der Waals surface area contributed by atoms with E-state index in [-0.39, 0.29) is 12.1 Å². The molecule has 1 N–H and O–H groups in total. The summed E-state index contributed by atoms with van der Waals surface area (Å²) in [5.74, 6) is 5.42. The molecule has 4 fully saturated rings. The number of hydrogen-bond acceptors (Lipinski definition) is 6. The molecule has 0 bridgehead atoms. The highest BCUT2D eigenvalue weighted by Crippen LogP contribution is 2.67. The number of nitrogens with zero attached hydrogens (tertiary/aromatic N) is 4. The Morgan fingerprint density at radius 2 is 1.98 bits per heavy atom. The number of aromatic nitrogens is 2. The standard InChI is InChI=1S/C34H52N4O3/c1-22(6-11-32(40)38-17-16-37(20-23(38)2)30-19-31(41-5)36-21-35-30)27-9-10-28-26-8-7-24-18-25(39)12-14-33(24,3)29(26)13-15-34(27,28)4/h7,19,21-23,25-29,39H,6,8-18,20H2,1-5H3/t22?,23?,25-,26-,27+,28-,29-,33-,34+/m0/s1. The third kappa shape index (κ3) is 5.08. The SMILES string of the molecule is COc1cc(N2CCN(C(=O)CCC(C)[C@H]3CC[C@H]4[C@@H]5CC=C6C[C@@H](O)CC[C@]6(C)[C@H]5CC[C@]34C)C(C)C2)ncn1. The number of rotatable bonds is 6. The van der Waals surface area contributed by atoms with E-state index >= 15 is 0 Å². The molecule has 1 saturated heterocycles. The summed E-state index contributed by atoms with van der Waals surface area (Å²) in [6, 6.07) is 2.03. The second-order valence-corrected chi connectivity index (χ2v) is 14.7. The van der Waals surface area contributed by atoms with E-state index in [1.54, 1.807) is 19.0 Å². The highest BCUT2D eigenvalue weighted by molar-refractivity contribution is 5.77. The van der Waals surface area contributed by atoms with E-state index in [1.165, 1.54) is 32.1 Å². The lowest BCUT2D eigenvalue weighted by Gasteiger charge is -2.58. The molecule has 0 radical (unpaired) electrons. The van der Waals surface area contributed by atoms with Gasteiger partial charge in [-0.1, -0.05) is 32.4 Å². The van der Waals surface area contributed by atoms with Crippen LogP contribution in [0.2, 0.25) is 0 Å². The molecular formula is C34H52N4O3. The zero-order valence-electron chi connectivity index (χ0n) is 26.0. The van der Waals surface area contributed by atoms with Crippen LogP contribution < -0.4 is 9.64 Å². The quantitative estimate of drug-likeness (QED) is 0.435. The minimum absolute atomic E-state index is 0.131. The van der Waals surface area contributed by atoms with Crippen molar-refractivity contribution < 1.29 is 14.6 Å². The van der Waals surface area contributed by atoms with Crippen LogP contribution in [0, 0.1) is 40.4 Å². The summed E-state index contributed by atoms with van der Waals surface area (Å²) in [7, 11) is 1.62. The highest BCUT2D eigenvalue weighted by atomic mass is 16.5. The fourth-order valence-electron chi connectivity index (χ4n) is 10.5. The van der Waals surface area contributed by atoms with Gasteiger partial charge in [0.2, 0.25) is 11.8 Å². The van der Waals surface area contributed by atoms with Gasteiger partial charge in [-0.25, -0.2) is 9.97 Å². The lowest BCUT2D eigenvalue weighted by Crippen LogP contribution is -2.54. The second kappa shape index (κ2) is 11.2. The lowest BCUT2D eigenvalue weighted by molar-refractivity contribution is -0.134. The highest BCUT2D eigenvalue weighted by Gasteiger charge is 2.59. The number of piperazine rings is 1. The van der Waals surface area contributed by atoms with Gasteiger partial charge in [0.15, 0.2) is 0 Å². The predicted molar refractivity (Wildman–Crippen MR) is 162 cm³/mol. The number of hydrogen-bond donors (Lipinski definition) is 1. The average molecular weight is 565 g/mol. The molecule has 0 spiro atoms. The van der Waals surface area contributed by atoms with Crippen molar-refractivity contribution in [2.45, 2.75) is 104 Å². The van der Waals surface area contributed by atoms with E-state index in [2.05, 4.69) is 53.5 Å². The topological polar surface area (TPSA) is 78.8 Å². The number of aliphatic hydroxyl groups excluding tert-OH is 1. The van der Waals surface area contributed by atoms with Gasteiger partial charge in [0, 0.05) is 38.2 Å². The van der Waals surface area contributed by atoms with E-state index in [0.29, 0.717) is 35.0 Å². The molecule has 226 valence electrons. The minimum atomic E-state index is -0.131. The Morgan fingerprint density at radius 1 is 1.15 bits per heavy atom. The van der Waals surface area contributed by atoms with Gasteiger partial charge in [0.1, 0.15) is 12.1 Å². The molecule has 1 amide bonds. The Balaban J connectivity index is 1.05. The monoisotopic (exact) mass is 564 g/mol. The molecule has 9 atom stereocenters. The van der Waals surface area contributed by atoms with Crippen LogP contribution in [-0.2, 0) is 4.79 Å². The van der Waals surface area contributed by atoms with Crippen molar-refractivity contribution in [1.82, 2.24) is 14.9 Å². The molecule has 3 saturated carbocycles. The molecule has 2 heterocycles. The number of carbonyl (C=O) groups excluding carboxylic acids is 1. The van der Waals surface area contributed by atoms with Gasteiger partial charge in [0.05, 0.1) is 13.2 Å². The van der Waals surface area contributed by atoms with E-state index in [1.807, 2.05) is 6.07 Å². The first-order valence-corrected chi connectivity index (χ1v) is 16.4. The van der Waals surface area contributed by atoms with Crippen LogP contribution in [-0.4, -0.2) is 64.8 Å². The Labute approximate surface area is 247 Å². The molecule has 0 aromatic carbocycles. The molecule has 7 heteroatoms. The van der Waals surface area contributed by atoms with E-state index in [0.717, 1.165) is 74.8 Å². The molecule has 4 aliphatic carbocycles. The average Bonchev–Trinajstić information content (AvgIpc) is 3.33. The summed E-state index contributed by atoms with van der Waals surface area (Å²) in [5.41, 5.74) is 2.27. The normalized spacial score (nSPS) is 39.3. The first-order valence-electron chi connectivity index (χ1n) is 16.4. The zero-order valence-corrected chi connectivity index (χ0v) is 26.0. The Bertz CT molecular complexity index is 1160. The Kier molecular flexibility index (Phi) is 7.88. The van der Waals surface area contributed by atoms with Gasteiger partial charge in [-0.3, -0.25) is 4.79 Å². The summed E-state index contributed by atoms with van der Waals surface area (Å²) < 4.78 is 5.27. The van der Waals surface area contributed by atoms with Crippen LogP contribution in [0.5, 0.6) is 5.88 Å². The van der Waals surface area contributed by atoms with E-state index in [4.69, 9.17) is 4.74 Å². The number of amides is 1. The molecule has 41 heavy (non-hydrogen) atoms. The van der Waals surface area contributed by atoms with Crippen LogP contribution >= 0.6 is 0 Å². The number of carbonyl (C=O) groups is 1. The molecule has 2 unspecified atom stereocenters. The molecule has 1 aliphatic heterocycles. The van der Waals surface area contributed by atoms with Crippen molar-refractivity contribution in [3.63, 3.8) is 0 Å². The van der Waals surface area contributed by atoms with Crippen molar-refractivity contribution in [3.05, 3.63) is 24.0 Å². The van der Waals surface area contributed by atoms with Gasteiger partial charge in [-0.15, -0.1) is 0 Å². The number of fused-ring (bicyclic) bond motifs is 5. The summed E-state index contributed by atoms with van der Waals surface area (Å²) in [5, 5.41) is 10.3. The van der Waals surface area contributed by atoms with Crippen molar-refractivity contribution in [3.8, 4) is 5.88 Å². The van der Waals surface area contributed by atoms with Crippen LogP contribution in [0.1, 0.15) is 91.9 Å². The smallest absolute Gasteiger partial charge is 0.222 e. The maximum atomic E-state index is 13.5. The lowest BCUT2D eigenvalue weighted by atomic mass is 9.47. The van der Waals surface area contributed by atoms with Gasteiger partial charge in [-0.05, 0) is 105 Å². The maximum Gasteiger partial charge on any atom is 0.222 e. The van der Waals surface area contributed by atoms with Crippen molar-refractivity contribution >= 4 is 11.7 Å². The molecule has 5 aliphatic rings. The minimum Gasteiger partial charge on any atom is -0.481 e. The van der Waals surface area contributed by atoms with Gasteiger partial charge >= 0.3 is 0 Å². The molecule has 6 rings (SSSR count). The number of ether oxygens (including phenoxy) is 1. The third-order valence-corrected chi connectivity index (χ3v) is 12.8. The number of anilines is 1. The molecule has 1 aromatic rings. The maximum absolute atomic E-state index is 13.5. The second-order valence-electron chi connectivity index (χ2n) is 14.7. The zero-order chi connectivity index (χ0) is 28.9. The van der Waals surface area contributed by atoms with Gasteiger partial charge < -0.3 is 19.6 Å². The molecule has 1 aromatic heterocycles. The third-order valence-electron chi connectivity index (χ3n) is 12.8. The van der Waals surface area contributed by atoms with E-state index in [9.17, 15) is 9.90 Å². The van der Waals surface area contributed by atoms with Crippen LogP contribution in [0.25, 0.3) is 0 Å². The van der Waals surface area contributed by atoms with Crippen molar-refractivity contribution in [2.24, 2.45) is 40.4 Å². The van der Waals surface area contributed by atoms with Crippen molar-refractivity contribution in [1.29, 1.82) is 0 Å². The Hall–Kier alpha value is -2.15. The molecular weight excluding hydrogens is 512 g/mol. The fraction of sp³-hybridized carbons (Fsp3) is 0.794. The van der Waals surface area contributed by atoms with E-state index < -0.39 is 0 Å². The fourth-order valence-corrected chi connectivity index (χ4v) is 10.5. The first-order chi connectivity index (χ1) is 19.6. The number of aliphatic hydroxyl groups is 1. The molecule has 7 nitrogen and oxygen atoms in total. The van der Waals surface area contributed by atoms with Crippen LogP contribution in [0.15, 0.2) is 24.0 Å². The van der Waals surface area contributed by atoms with Crippen LogP contribution in [0.3, 0.4) is 0 Å². The largest absolute Gasteiger partial charge is 0.481 e. The van der Waals surface area contributed by atoms with Gasteiger partial charge in [-0.2, -0.15) is 0 Å².